The van der Waals surface area contributed by atoms with Gasteiger partial charge in [-0.15, -0.1) is 0 Å². The SMILES string of the molecule is CCC[C@H](NC(=O)[C@@H]1[C@H]2CCC[C@H]2CN1C(=O)[C@@H](NC(=O)NC1([C@@H]2CCN(C)S2(=O)=O)CCCCC1)C(C)(C)C)C(=O)C(=O)NC1CC1. The third-order valence-electron chi connectivity index (χ3n) is 11.4. The predicted octanol–water partition coefficient (Wildman–Crippen LogP) is 2.20. The summed E-state index contributed by atoms with van der Waals surface area (Å²) < 4.78 is 28.0. The number of amides is 5. The lowest BCUT2D eigenvalue weighted by atomic mass is 9.78. The van der Waals surface area contributed by atoms with Crippen LogP contribution in [0.5, 0.6) is 0 Å². The third-order valence-corrected chi connectivity index (χ3v) is 13.9. The summed E-state index contributed by atoms with van der Waals surface area (Å²) >= 11 is 0. The van der Waals surface area contributed by atoms with Crippen molar-refractivity contribution < 1.29 is 32.4 Å². The molecule has 4 N–H and O–H groups in total. The van der Waals surface area contributed by atoms with E-state index in [1.165, 1.54) is 4.31 Å². The highest BCUT2D eigenvalue weighted by Gasteiger charge is 2.54. The van der Waals surface area contributed by atoms with Gasteiger partial charge in [0, 0.05) is 26.2 Å². The fourth-order valence-electron chi connectivity index (χ4n) is 8.60. The quantitative estimate of drug-likeness (QED) is 0.240. The van der Waals surface area contributed by atoms with Crippen LogP contribution in [0.3, 0.4) is 0 Å². The molecule has 5 rings (SSSR count). The van der Waals surface area contributed by atoms with E-state index in [9.17, 15) is 32.4 Å². The minimum Gasteiger partial charge on any atom is -0.347 e. The Labute approximate surface area is 285 Å². The number of fused-ring (bicyclic) bond motifs is 1. The summed E-state index contributed by atoms with van der Waals surface area (Å²) in [6.07, 6.45) is 9.22. The number of Topliss-reactive ketones (excluding diaryl/α,β-unsaturated/α-hetero) is 1. The summed E-state index contributed by atoms with van der Waals surface area (Å²) in [5, 5.41) is 10.8. The van der Waals surface area contributed by atoms with Crippen LogP contribution in [0.4, 0.5) is 4.79 Å². The van der Waals surface area contributed by atoms with Gasteiger partial charge in [0.1, 0.15) is 12.1 Å². The average Bonchev–Trinajstić information content (AvgIpc) is 3.46. The Balaban J connectivity index is 1.34. The van der Waals surface area contributed by atoms with E-state index in [1.807, 2.05) is 27.7 Å². The first-order valence-electron chi connectivity index (χ1n) is 18.1. The van der Waals surface area contributed by atoms with E-state index in [0.717, 1.165) is 51.4 Å². The topological polar surface area (TPSA) is 174 Å². The zero-order valence-electron chi connectivity index (χ0n) is 29.3. The fourth-order valence-corrected chi connectivity index (χ4v) is 10.7. The van der Waals surface area contributed by atoms with Gasteiger partial charge in [-0.1, -0.05) is 59.8 Å². The van der Waals surface area contributed by atoms with Gasteiger partial charge in [0.25, 0.3) is 5.91 Å². The van der Waals surface area contributed by atoms with Crippen molar-refractivity contribution in [2.45, 2.75) is 146 Å². The van der Waals surface area contributed by atoms with Crippen LogP contribution in [-0.2, 0) is 29.2 Å². The van der Waals surface area contributed by atoms with Crippen LogP contribution < -0.4 is 21.3 Å². The van der Waals surface area contributed by atoms with Crippen LogP contribution in [0.15, 0.2) is 0 Å². The van der Waals surface area contributed by atoms with E-state index in [4.69, 9.17) is 0 Å². The minimum atomic E-state index is -3.59. The molecule has 2 saturated heterocycles. The highest BCUT2D eigenvalue weighted by molar-refractivity contribution is 7.90. The number of carbonyl (C=O) groups is 5. The van der Waals surface area contributed by atoms with Crippen LogP contribution in [-0.4, -0.2) is 102 Å². The summed E-state index contributed by atoms with van der Waals surface area (Å²) in [6, 6.07) is -3.41. The van der Waals surface area contributed by atoms with Gasteiger partial charge >= 0.3 is 6.03 Å². The number of ketones is 1. The molecule has 2 aliphatic heterocycles. The van der Waals surface area contributed by atoms with Crippen LogP contribution in [0.25, 0.3) is 0 Å². The summed E-state index contributed by atoms with van der Waals surface area (Å²) in [5.74, 6) is -2.16. The van der Waals surface area contributed by atoms with Crippen molar-refractivity contribution in [3.05, 3.63) is 0 Å². The molecule has 0 unspecified atom stereocenters. The minimum absolute atomic E-state index is 0.0116. The molecule has 13 nitrogen and oxygen atoms in total. The number of nitrogens with one attached hydrogen (secondary N) is 4. The molecule has 0 aromatic carbocycles. The number of likely N-dealkylation sites (tertiary alicyclic amines) is 1. The second-order valence-electron chi connectivity index (χ2n) is 16.0. The van der Waals surface area contributed by atoms with Gasteiger partial charge in [0.15, 0.2) is 0 Å². The van der Waals surface area contributed by atoms with Gasteiger partial charge in [0.2, 0.25) is 27.6 Å². The highest BCUT2D eigenvalue weighted by atomic mass is 32.2. The molecule has 0 radical (unpaired) electrons. The first-order chi connectivity index (χ1) is 22.6. The monoisotopic (exact) mass is 692 g/mol. The van der Waals surface area contributed by atoms with Crippen molar-refractivity contribution in [1.82, 2.24) is 30.5 Å². The molecule has 6 atom stereocenters. The van der Waals surface area contributed by atoms with E-state index < -0.39 is 68.0 Å². The van der Waals surface area contributed by atoms with Gasteiger partial charge in [0.05, 0.1) is 16.8 Å². The lowest BCUT2D eigenvalue weighted by Crippen LogP contribution is -2.65. The molecule has 0 aromatic rings. The van der Waals surface area contributed by atoms with Crippen LogP contribution in [0.1, 0.15) is 111 Å². The second kappa shape index (κ2) is 14.2. The molecular formula is C34H56N6O7S. The first kappa shape index (κ1) is 36.5. The van der Waals surface area contributed by atoms with E-state index in [1.54, 1.807) is 11.9 Å². The Morgan fingerprint density at radius 1 is 0.917 bits per heavy atom. The molecule has 0 bridgehead atoms. The lowest BCUT2D eigenvalue weighted by Gasteiger charge is -2.43. The zero-order chi connectivity index (χ0) is 35.0. The van der Waals surface area contributed by atoms with Crippen LogP contribution in [0.2, 0.25) is 0 Å². The molecule has 0 spiro atoms. The van der Waals surface area contributed by atoms with Gasteiger partial charge in [-0.25, -0.2) is 17.5 Å². The number of sulfonamides is 1. The zero-order valence-corrected chi connectivity index (χ0v) is 30.1. The Morgan fingerprint density at radius 2 is 1.60 bits per heavy atom. The van der Waals surface area contributed by atoms with Crippen molar-refractivity contribution in [1.29, 1.82) is 0 Å². The summed E-state index contributed by atoms with van der Waals surface area (Å²) in [5.41, 5.74) is -1.68. The van der Waals surface area contributed by atoms with E-state index >= 15 is 0 Å². The number of rotatable bonds is 11. The molecule has 48 heavy (non-hydrogen) atoms. The molecule has 0 aromatic heterocycles. The summed E-state index contributed by atoms with van der Waals surface area (Å²) in [6.45, 7) is 8.20. The Bertz CT molecular complexity index is 1370. The normalized spacial score (nSPS) is 29.4. The lowest BCUT2D eigenvalue weighted by molar-refractivity contribution is -0.144. The largest absolute Gasteiger partial charge is 0.347 e. The maximum absolute atomic E-state index is 14.5. The molecule has 2 heterocycles. The average molecular weight is 693 g/mol. The van der Waals surface area contributed by atoms with Crippen molar-refractivity contribution in [3.63, 3.8) is 0 Å². The van der Waals surface area contributed by atoms with E-state index in [2.05, 4.69) is 21.3 Å². The number of urea groups is 1. The fraction of sp³-hybridized carbons (Fsp3) is 0.853. The Morgan fingerprint density at radius 3 is 2.19 bits per heavy atom. The molecule has 270 valence electrons. The molecule has 5 amide bonds. The van der Waals surface area contributed by atoms with Crippen molar-refractivity contribution in [2.24, 2.45) is 17.3 Å². The molecule has 14 heteroatoms. The highest BCUT2D eigenvalue weighted by Crippen LogP contribution is 2.43. The number of carbonyl (C=O) groups excluding carboxylic acids is 5. The first-order valence-corrected chi connectivity index (χ1v) is 19.6. The Hall–Kier alpha value is -2.74. The summed E-state index contributed by atoms with van der Waals surface area (Å²) in [7, 11) is -2.02. The summed E-state index contributed by atoms with van der Waals surface area (Å²) in [4.78, 5) is 69.6. The Kier molecular flexibility index (Phi) is 10.8. The maximum Gasteiger partial charge on any atom is 0.315 e. The maximum atomic E-state index is 14.5. The second-order valence-corrected chi connectivity index (χ2v) is 18.2. The number of hydrogen-bond acceptors (Lipinski definition) is 7. The molecule has 3 aliphatic carbocycles. The third kappa shape index (κ3) is 7.53. The molecule has 5 aliphatic rings. The number of hydrogen-bond donors (Lipinski definition) is 4. The van der Waals surface area contributed by atoms with Gasteiger partial charge in [-0.3, -0.25) is 19.2 Å². The van der Waals surface area contributed by atoms with E-state index in [0.29, 0.717) is 45.2 Å². The predicted molar refractivity (Wildman–Crippen MR) is 180 cm³/mol. The standard InChI is InChI=1S/C34H56N6O7S/c1-6-11-24(27(41)30(43)35-22-14-15-22)36-29(42)26-23-13-10-12-21(23)20-40(26)31(44)28(33(2,3)4)37-32(45)38-34(17-8-7-9-18-34)25-16-19-39(5)48(25,46)47/h21-26,28H,6-20H2,1-5H3,(H,35,43)(H,36,42)(H2,37,38,45)/t21-,23-,24-,25-,26-,28+/m0/s1. The molecular weight excluding hydrogens is 636 g/mol. The smallest absolute Gasteiger partial charge is 0.315 e. The van der Waals surface area contributed by atoms with Gasteiger partial charge in [-0.2, -0.15) is 0 Å². The van der Waals surface area contributed by atoms with Gasteiger partial charge < -0.3 is 26.2 Å². The van der Waals surface area contributed by atoms with Crippen LogP contribution >= 0.6 is 0 Å². The van der Waals surface area contributed by atoms with Gasteiger partial charge in [-0.05, 0) is 68.6 Å². The molecule has 5 fully saturated rings. The van der Waals surface area contributed by atoms with Crippen molar-refractivity contribution in [2.75, 3.05) is 20.1 Å². The number of nitrogens with zero attached hydrogens (tertiary/aromatic N) is 2. The van der Waals surface area contributed by atoms with Crippen molar-refractivity contribution in [3.8, 4) is 0 Å². The van der Waals surface area contributed by atoms with Crippen LogP contribution in [0, 0.1) is 17.3 Å². The van der Waals surface area contributed by atoms with E-state index in [-0.39, 0.29) is 23.8 Å². The van der Waals surface area contributed by atoms with Crippen molar-refractivity contribution >= 4 is 39.6 Å². The molecule has 3 saturated carbocycles.